The van der Waals surface area contributed by atoms with Crippen molar-refractivity contribution in [2.24, 2.45) is 0 Å². The van der Waals surface area contributed by atoms with E-state index in [2.05, 4.69) is 4.98 Å². The van der Waals surface area contributed by atoms with Crippen LogP contribution < -0.4 is 0 Å². The number of halogens is 1. The molecule has 1 unspecified atom stereocenters. The fourth-order valence-corrected chi connectivity index (χ4v) is 4.88. The van der Waals surface area contributed by atoms with Gasteiger partial charge in [-0.1, -0.05) is 23.7 Å². The van der Waals surface area contributed by atoms with Crippen LogP contribution in [0.5, 0.6) is 0 Å². The number of para-hydroxylation sites is 1. The fourth-order valence-electron chi connectivity index (χ4n) is 2.44. The summed E-state index contributed by atoms with van der Waals surface area (Å²) in [5.41, 5.74) is 0.869. The van der Waals surface area contributed by atoms with Crippen molar-refractivity contribution in [3.63, 3.8) is 0 Å². The van der Waals surface area contributed by atoms with E-state index in [-0.39, 0.29) is 10.9 Å². The normalized spacial score (nSPS) is 12.9. The van der Waals surface area contributed by atoms with Gasteiger partial charge in [0.15, 0.2) is 9.84 Å². The molecule has 8 heteroatoms. The van der Waals surface area contributed by atoms with Gasteiger partial charge in [0, 0.05) is 12.1 Å². The second-order valence-electron chi connectivity index (χ2n) is 5.91. The average Bonchev–Trinajstić information content (AvgIpc) is 3.04. The molecule has 1 aromatic heterocycles. The third kappa shape index (κ3) is 3.90. The van der Waals surface area contributed by atoms with Crippen LogP contribution in [0, 0.1) is 0 Å². The van der Waals surface area contributed by atoms with Crippen molar-refractivity contribution in [2.45, 2.75) is 17.9 Å². The fraction of sp³-hybridized carbons (Fsp3) is 0.222. The Morgan fingerprint density at radius 3 is 2.50 bits per heavy atom. The summed E-state index contributed by atoms with van der Waals surface area (Å²) in [5.74, 6) is -1.08. The molecule has 0 saturated heterocycles. The van der Waals surface area contributed by atoms with Crippen molar-refractivity contribution >= 4 is 48.9 Å². The van der Waals surface area contributed by atoms with E-state index in [1.54, 1.807) is 7.05 Å². The van der Waals surface area contributed by atoms with E-state index in [9.17, 15) is 13.2 Å². The SMILES string of the molecule is CC(c1nc2ccccc2s1)N(C)C(=O)CS(=O)(=O)c1ccc(Cl)cc1. The molecule has 1 heterocycles. The highest BCUT2D eigenvalue weighted by molar-refractivity contribution is 7.92. The smallest absolute Gasteiger partial charge is 0.238 e. The number of benzene rings is 2. The summed E-state index contributed by atoms with van der Waals surface area (Å²) in [6, 6.07) is 13.2. The first-order valence-corrected chi connectivity index (χ1v) is 10.7. The predicted octanol–water partition coefficient (Wildman–Crippen LogP) is 3.94. The standard InChI is InChI=1S/C18H17ClN2O3S2/c1-12(18-20-15-5-3-4-6-16(15)25-18)21(2)17(22)11-26(23,24)14-9-7-13(19)8-10-14/h3-10,12H,11H2,1-2H3. The molecular formula is C18H17ClN2O3S2. The maximum atomic E-state index is 12.5. The number of nitrogens with zero attached hydrogens (tertiary/aromatic N) is 2. The van der Waals surface area contributed by atoms with Gasteiger partial charge in [0.25, 0.3) is 0 Å². The molecule has 136 valence electrons. The lowest BCUT2D eigenvalue weighted by Crippen LogP contribution is -2.34. The van der Waals surface area contributed by atoms with Crippen molar-refractivity contribution < 1.29 is 13.2 Å². The second-order valence-corrected chi connectivity index (χ2v) is 9.40. The summed E-state index contributed by atoms with van der Waals surface area (Å²) < 4.78 is 25.9. The first kappa shape index (κ1) is 18.8. The monoisotopic (exact) mass is 408 g/mol. The zero-order chi connectivity index (χ0) is 18.9. The average molecular weight is 409 g/mol. The highest BCUT2D eigenvalue weighted by Crippen LogP contribution is 2.29. The van der Waals surface area contributed by atoms with E-state index in [0.717, 1.165) is 15.2 Å². The van der Waals surface area contributed by atoms with E-state index < -0.39 is 21.5 Å². The molecule has 0 spiro atoms. The van der Waals surface area contributed by atoms with E-state index in [1.165, 1.54) is 40.5 Å². The lowest BCUT2D eigenvalue weighted by molar-refractivity contribution is -0.129. The number of hydrogen-bond acceptors (Lipinski definition) is 5. The molecular weight excluding hydrogens is 392 g/mol. The lowest BCUT2D eigenvalue weighted by atomic mass is 10.3. The van der Waals surface area contributed by atoms with Crippen LogP contribution in [0.1, 0.15) is 18.0 Å². The quantitative estimate of drug-likeness (QED) is 0.641. The zero-order valence-electron chi connectivity index (χ0n) is 14.2. The number of thiazole rings is 1. The number of carbonyl (C=O) groups is 1. The summed E-state index contributed by atoms with van der Waals surface area (Å²) in [5, 5.41) is 1.21. The predicted molar refractivity (Wildman–Crippen MR) is 104 cm³/mol. The van der Waals surface area contributed by atoms with Crippen LogP contribution in [0.3, 0.4) is 0 Å². The van der Waals surface area contributed by atoms with E-state index in [4.69, 9.17) is 11.6 Å². The van der Waals surface area contributed by atoms with Gasteiger partial charge in [-0.15, -0.1) is 11.3 Å². The topological polar surface area (TPSA) is 67.3 Å². The maximum absolute atomic E-state index is 12.5. The maximum Gasteiger partial charge on any atom is 0.238 e. The highest BCUT2D eigenvalue weighted by atomic mass is 35.5. The second kappa shape index (κ2) is 7.34. The van der Waals surface area contributed by atoms with Crippen LogP contribution in [0.4, 0.5) is 0 Å². The van der Waals surface area contributed by atoms with Crippen molar-refractivity contribution in [3.05, 3.63) is 58.6 Å². The summed E-state index contributed by atoms with van der Waals surface area (Å²) in [4.78, 5) is 18.6. The Bertz CT molecular complexity index is 1010. The number of aromatic nitrogens is 1. The van der Waals surface area contributed by atoms with Crippen molar-refractivity contribution in [1.29, 1.82) is 0 Å². The van der Waals surface area contributed by atoms with Gasteiger partial charge in [-0.3, -0.25) is 4.79 Å². The molecule has 2 aromatic carbocycles. The molecule has 1 atom stereocenters. The Kier molecular flexibility index (Phi) is 5.32. The molecule has 0 fully saturated rings. The highest BCUT2D eigenvalue weighted by Gasteiger charge is 2.26. The van der Waals surface area contributed by atoms with Gasteiger partial charge in [-0.25, -0.2) is 13.4 Å². The molecule has 26 heavy (non-hydrogen) atoms. The summed E-state index contributed by atoms with van der Waals surface area (Å²) in [6.45, 7) is 1.84. The van der Waals surface area contributed by atoms with Crippen molar-refractivity contribution in [1.82, 2.24) is 9.88 Å². The summed E-state index contributed by atoms with van der Waals surface area (Å²) in [6.07, 6.45) is 0. The van der Waals surface area contributed by atoms with Gasteiger partial charge in [-0.05, 0) is 43.3 Å². The largest absolute Gasteiger partial charge is 0.336 e. The molecule has 0 aliphatic rings. The zero-order valence-corrected chi connectivity index (χ0v) is 16.6. The van der Waals surface area contributed by atoms with Gasteiger partial charge >= 0.3 is 0 Å². The van der Waals surface area contributed by atoms with Gasteiger partial charge in [0.2, 0.25) is 5.91 Å². The minimum absolute atomic E-state index is 0.0799. The Morgan fingerprint density at radius 1 is 1.19 bits per heavy atom. The van der Waals surface area contributed by atoms with Gasteiger partial charge in [-0.2, -0.15) is 0 Å². The van der Waals surface area contributed by atoms with Crippen LogP contribution in [-0.4, -0.2) is 37.0 Å². The summed E-state index contributed by atoms with van der Waals surface area (Å²) in [7, 11) is -2.13. The number of carbonyl (C=O) groups excluding carboxylic acids is 1. The van der Waals surface area contributed by atoms with E-state index in [1.807, 2.05) is 31.2 Å². The third-order valence-corrected chi connectivity index (χ3v) is 7.20. The molecule has 0 aliphatic carbocycles. The van der Waals surface area contributed by atoms with E-state index in [0.29, 0.717) is 5.02 Å². The number of fused-ring (bicyclic) bond motifs is 1. The third-order valence-electron chi connectivity index (χ3n) is 4.13. The van der Waals surface area contributed by atoms with E-state index >= 15 is 0 Å². The first-order chi connectivity index (χ1) is 12.3. The number of sulfone groups is 1. The number of rotatable bonds is 5. The number of hydrogen-bond donors (Lipinski definition) is 0. The molecule has 3 rings (SSSR count). The molecule has 0 N–H and O–H groups in total. The van der Waals surface area contributed by atoms with Crippen LogP contribution in [-0.2, 0) is 14.6 Å². The van der Waals surface area contributed by atoms with Gasteiger partial charge in [0.05, 0.1) is 21.2 Å². The molecule has 5 nitrogen and oxygen atoms in total. The Morgan fingerprint density at radius 2 is 1.85 bits per heavy atom. The van der Waals surface area contributed by atoms with Crippen LogP contribution in [0.15, 0.2) is 53.4 Å². The summed E-state index contributed by atoms with van der Waals surface area (Å²) >= 11 is 7.28. The van der Waals surface area contributed by atoms with Gasteiger partial charge in [0.1, 0.15) is 10.8 Å². The van der Waals surface area contributed by atoms with Crippen molar-refractivity contribution in [3.8, 4) is 0 Å². The van der Waals surface area contributed by atoms with Crippen LogP contribution in [0.2, 0.25) is 5.02 Å². The van der Waals surface area contributed by atoms with Crippen molar-refractivity contribution in [2.75, 3.05) is 12.8 Å². The number of amides is 1. The molecule has 0 bridgehead atoms. The Labute approximate surface area is 161 Å². The molecule has 0 saturated carbocycles. The molecule has 0 aliphatic heterocycles. The Hall–Kier alpha value is -1.96. The Balaban J connectivity index is 1.77. The minimum atomic E-state index is -3.73. The molecule has 0 radical (unpaired) electrons. The van der Waals surface area contributed by atoms with Crippen LogP contribution >= 0.6 is 22.9 Å². The van der Waals surface area contributed by atoms with Crippen LogP contribution in [0.25, 0.3) is 10.2 Å². The lowest BCUT2D eigenvalue weighted by Gasteiger charge is -2.23. The molecule has 1 amide bonds. The molecule has 3 aromatic rings. The van der Waals surface area contributed by atoms with Gasteiger partial charge < -0.3 is 4.90 Å². The minimum Gasteiger partial charge on any atom is -0.336 e. The first-order valence-electron chi connectivity index (χ1n) is 7.87.